The molecular weight excluding hydrogens is 497 g/mol. The molecule has 5 fully saturated rings. The average Bonchev–Trinajstić information content (AvgIpc) is 3.52. The quantitative estimate of drug-likeness (QED) is 0.423. The molecule has 0 spiro atoms. The van der Waals surface area contributed by atoms with Crippen molar-refractivity contribution in [3.8, 4) is 0 Å². The lowest BCUT2D eigenvalue weighted by Crippen LogP contribution is -2.65. The van der Waals surface area contributed by atoms with Crippen LogP contribution in [-0.4, -0.2) is 51.9 Å². The Morgan fingerprint density at radius 1 is 0.947 bits per heavy atom. The summed E-state index contributed by atoms with van der Waals surface area (Å²) in [6.07, 6.45) is 7.40. The van der Waals surface area contributed by atoms with Gasteiger partial charge in [0.15, 0.2) is 6.29 Å². The molecule has 2 bridgehead atoms. The van der Waals surface area contributed by atoms with Crippen molar-refractivity contribution in [1.29, 1.82) is 0 Å². The highest BCUT2D eigenvalue weighted by atomic mass is 19.4. The van der Waals surface area contributed by atoms with Crippen molar-refractivity contribution in [3.05, 3.63) is 23.9 Å². The van der Waals surface area contributed by atoms with Gasteiger partial charge in [0.2, 0.25) is 0 Å². The maximum absolute atomic E-state index is 13.1. The van der Waals surface area contributed by atoms with Crippen molar-refractivity contribution in [1.82, 2.24) is 4.98 Å². The predicted molar refractivity (Wildman–Crippen MR) is 135 cm³/mol. The molecule has 3 aliphatic carbocycles. The van der Waals surface area contributed by atoms with Gasteiger partial charge >= 0.3 is 6.18 Å². The van der Waals surface area contributed by atoms with Gasteiger partial charge in [-0.2, -0.15) is 13.2 Å². The van der Waals surface area contributed by atoms with E-state index in [4.69, 9.17) is 9.47 Å². The van der Waals surface area contributed by atoms with E-state index in [2.05, 4.69) is 10.3 Å². The van der Waals surface area contributed by atoms with Gasteiger partial charge in [0.05, 0.1) is 6.61 Å². The Balaban J connectivity index is 1.04. The molecule has 6 rings (SSSR count). The number of aromatic nitrogens is 1. The second kappa shape index (κ2) is 10.5. The van der Waals surface area contributed by atoms with Gasteiger partial charge in [0.25, 0.3) is 0 Å². The first-order valence-corrected chi connectivity index (χ1v) is 14.7. The smallest absolute Gasteiger partial charge is 0.388 e. The zero-order valence-electron chi connectivity index (χ0n) is 21.9. The summed E-state index contributed by atoms with van der Waals surface area (Å²) >= 11 is 0. The number of aliphatic hydroxyl groups excluding tert-OH is 2. The maximum Gasteiger partial charge on any atom is 0.433 e. The van der Waals surface area contributed by atoms with Gasteiger partial charge in [0, 0.05) is 0 Å². The van der Waals surface area contributed by atoms with Crippen LogP contribution in [0.3, 0.4) is 0 Å². The fraction of sp³-hybridized carbons (Fsp3) is 0.828. The third-order valence-electron chi connectivity index (χ3n) is 10.6. The third kappa shape index (κ3) is 5.08. The predicted octanol–water partition coefficient (Wildman–Crippen LogP) is 5.53. The van der Waals surface area contributed by atoms with Gasteiger partial charge < -0.3 is 25.0 Å². The summed E-state index contributed by atoms with van der Waals surface area (Å²) in [5, 5.41) is 25.1. The van der Waals surface area contributed by atoms with Crippen LogP contribution in [0.2, 0.25) is 0 Å². The van der Waals surface area contributed by atoms with Crippen LogP contribution < -0.4 is 5.32 Å². The van der Waals surface area contributed by atoms with E-state index < -0.39 is 42.0 Å². The largest absolute Gasteiger partial charge is 0.433 e. The topological polar surface area (TPSA) is 83.8 Å². The number of pyridine rings is 1. The van der Waals surface area contributed by atoms with Gasteiger partial charge in [-0.15, -0.1) is 0 Å². The van der Waals surface area contributed by atoms with Gasteiger partial charge in [-0.3, -0.25) is 0 Å². The highest BCUT2D eigenvalue weighted by Gasteiger charge is 2.62. The van der Waals surface area contributed by atoms with E-state index in [9.17, 15) is 23.4 Å². The summed E-state index contributed by atoms with van der Waals surface area (Å²) < 4.78 is 51.5. The van der Waals surface area contributed by atoms with Gasteiger partial charge in [-0.25, -0.2) is 4.98 Å². The van der Waals surface area contributed by atoms with Crippen molar-refractivity contribution >= 4 is 5.82 Å². The van der Waals surface area contributed by atoms with Gasteiger partial charge in [-0.1, -0.05) is 44.6 Å². The molecule has 2 saturated heterocycles. The van der Waals surface area contributed by atoms with Crippen LogP contribution >= 0.6 is 0 Å². The van der Waals surface area contributed by atoms with Gasteiger partial charge in [0.1, 0.15) is 35.4 Å². The molecule has 7 atom stereocenters. The van der Waals surface area contributed by atoms with Crippen molar-refractivity contribution in [2.45, 2.75) is 113 Å². The SMILES string of the molecule is O[C@@H]1[C@@H](Nc2cccc(C(F)(F)F)n2)[C@H]2OC[C@](C3CCC(C4CCC(CCC5CCC5)C4)CC3)(O2)[C@@H]1O. The number of nitrogens with one attached hydrogen (secondary N) is 1. The van der Waals surface area contributed by atoms with Crippen molar-refractivity contribution in [2.24, 2.45) is 29.6 Å². The monoisotopic (exact) mass is 538 g/mol. The molecular formula is C29H41F3N2O4. The number of hydrogen-bond donors (Lipinski definition) is 3. The normalized spacial score (nSPS) is 41.7. The zero-order valence-corrected chi connectivity index (χ0v) is 21.9. The summed E-state index contributed by atoms with van der Waals surface area (Å²) in [5.74, 6) is 3.46. The first-order valence-electron chi connectivity index (χ1n) is 14.7. The first kappa shape index (κ1) is 26.8. The summed E-state index contributed by atoms with van der Waals surface area (Å²) in [7, 11) is 0. The van der Waals surface area contributed by atoms with Crippen LogP contribution in [-0.2, 0) is 15.7 Å². The minimum Gasteiger partial charge on any atom is -0.388 e. The fourth-order valence-corrected chi connectivity index (χ4v) is 8.06. The number of fused-ring (bicyclic) bond motifs is 2. The minimum absolute atomic E-state index is 0.0502. The van der Waals surface area contributed by atoms with E-state index in [1.54, 1.807) is 0 Å². The number of rotatable bonds is 7. The summed E-state index contributed by atoms with van der Waals surface area (Å²) in [6, 6.07) is 2.61. The molecule has 1 aromatic heterocycles. The van der Waals surface area contributed by atoms with Gasteiger partial charge in [-0.05, 0) is 80.2 Å². The lowest BCUT2D eigenvalue weighted by Gasteiger charge is -2.48. The summed E-state index contributed by atoms with van der Waals surface area (Å²) in [5.41, 5.74) is -2.00. The molecule has 1 aromatic rings. The molecule has 0 aromatic carbocycles. The molecule has 5 aliphatic rings. The first-order chi connectivity index (χ1) is 18.2. The Hall–Kier alpha value is -1.42. The van der Waals surface area contributed by atoms with Crippen LogP contribution in [0.1, 0.15) is 82.7 Å². The highest BCUT2D eigenvalue weighted by molar-refractivity contribution is 5.38. The maximum atomic E-state index is 13.1. The van der Waals surface area contributed by atoms with Crippen LogP contribution in [0.5, 0.6) is 0 Å². The van der Waals surface area contributed by atoms with E-state index in [1.165, 1.54) is 63.5 Å². The lowest BCUT2D eigenvalue weighted by atomic mass is 9.67. The van der Waals surface area contributed by atoms with Crippen molar-refractivity contribution < 1.29 is 32.9 Å². The molecule has 2 aliphatic heterocycles. The molecule has 3 saturated carbocycles. The highest BCUT2D eigenvalue weighted by Crippen LogP contribution is 2.51. The lowest BCUT2D eigenvalue weighted by molar-refractivity contribution is -0.235. The van der Waals surface area contributed by atoms with Crippen LogP contribution in [0.25, 0.3) is 0 Å². The van der Waals surface area contributed by atoms with Crippen LogP contribution in [0.15, 0.2) is 18.2 Å². The van der Waals surface area contributed by atoms with Crippen LogP contribution in [0.4, 0.5) is 19.0 Å². The van der Waals surface area contributed by atoms with E-state index in [1.807, 2.05) is 0 Å². The Kier molecular flexibility index (Phi) is 7.42. The summed E-state index contributed by atoms with van der Waals surface area (Å²) in [6.45, 7) is 0.173. The Morgan fingerprint density at radius 3 is 2.39 bits per heavy atom. The molecule has 212 valence electrons. The Morgan fingerprint density at radius 2 is 1.68 bits per heavy atom. The molecule has 0 radical (unpaired) electrons. The Labute approximate surface area is 222 Å². The number of alkyl halides is 3. The summed E-state index contributed by atoms with van der Waals surface area (Å²) in [4.78, 5) is 3.63. The van der Waals surface area contributed by atoms with E-state index >= 15 is 0 Å². The van der Waals surface area contributed by atoms with Crippen molar-refractivity contribution in [3.63, 3.8) is 0 Å². The molecule has 0 amide bonds. The minimum atomic E-state index is -4.58. The third-order valence-corrected chi connectivity index (χ3v) is 10.6. The fourth-order valence-electron chi connectivity index (χ4n) is 8.06. The Bertz CT molecular complexity index is 967. The number of hydrogen-bond acceptors (Lipinski definition) is 6. The molecule has 2 unspecified atom stereocenters. The van der Waals surface area contributed by atoms with Crippen LogP contribution in [0, 0.1) is 29.6 Å². The van der Waals surface area contributed by atoms with E-state index in [-0.39, 0.29) is 18.3 Å². The molecule has 38 heavy (non-hydrogen) atoms. The van der Waals surface area contributed by atoms with E-state index in [0.29, 0.717) is 0 Å². The van der Waals surface area contributed by atoms with E-state index in [0.717, 1.165) is 55.4 Å². The molecule has 6 nitrogen and oxygen atoms in total. The average molecular weight is 539 g/mol. The molecule has 3 N–H and O–H groups in total. The second-order valence-corrected chi connectivity index (χ2v) is 12.7. The molecule has 3 heterocycles. The molecule has 9 heteroatoms. The number of anilines is 1. The zero-order chi connectivity index (χ0) is 26.5. The number of halogens is 3. The second-order valence-electron chi connectivity index (χ2n) is 12.7. The standard InChI is InChI=1S/C29H41F3N2O4/c30-29(31,32)22-5-2-6-23(33-22)34-24-25(35)26(36)28(16-37-27(24)38-28)21-13-11-19(12-14-21)20-10-9-18(15-20)8-7-17-3-1-4-17/h2,5-6,17-21,24-27,35-36H,1,3-4,7-16H2,(H,33,34)/t18?,19?,20?,21?,24-,25-,26-,27+,28-/m1/s1. The van der Waals surface area contributed by atoms with Crippen molar-refractivity contribution in [2.75, 3.05) is 11.9 Å². The number of nitrogens with zero attached hydrogens (tertiary/aromatic N) is 1. The number of aliphatic hydroxyl groups is 2. The number of ether oxygens (including phenoxy) is 2.